The van der Waals surface area contributed by atoms with Gasteiger partial charge in [0, 0.05) is 26.2 Å². The number of amides is 1. The highest BCUT2D eigenvalue weighted by molar-refractivity contribution is 5.85. The third-order valence-corrected chi connectivity index (χ3v) is 5.50. The number of carbonyl (C=O) groups excluding carboxylic acids is 1. The van der Waals surface area contributed by atoms with Crippen molar-refractivity contribution in [3.63, 3.8) is 0 Å². The van der Waals surface area contributed by atoms with Gasteiger partial charge in [-0.2, -0.15) is 0 Å². The summed E-state index contributed by atoms with van der Waals surface area (Å²) >= 11 is 0. The molecule has 1 atom stereocenters. The van der Waals surface area contributed by atoms with Gasteiger partial charge in [0.2, 0.25) is 5.91 Å². The molecule has 5 heteroatoms. The van der Waals surface area contributed by atoms with Crippen molar-refractivity contribution >= 4 is 11.9 Å². The maximum atomic E-state index is 13.0. The second-order valence-corrected chi connectivity index (χ2v) is 8.28. The van der Waals surface area contributed by atoms with E-state index in [1.807, 2.05) is 4.90 Å². The van der Waals surface area contributed by atoms with Crippen LogP contribution in [0.2, 0.25) is 0 Å². The molecule has 0 saturated carbocycles. The first-order valence-corrected chi connectivity index (χ1v) is 9.13. The number of carbonyl (C=O) groups is 2. The van der Waals surface area contributed by atoms with Gasteiger partial charge >= 0.3 is 5.97 Å². The van der Waals surface area contributed by atoms with E-state index in [-0.39, 0.29) is 23.2 Å². The maximum Gasteiger partial charge on any atom is 0.306 e. The Hall–Kier alpha value is -1.88. The lowest BCUT2D eigenvalue weighted by Gasteiger charge is -2.35. The van der Waals surface area contributed by atoms with Crippen LogP contribution >= 0.6 is 0 Å². The van der Waals surface area contributed by atoms with Crippen molar-refractivity contribution in [3.05, 3.63) is 34.9 Å². The Kier molecular flexibility index (Phi) is 4.87. The summed E-state index contributed by atoms with van der Waals surface area (Å²) in [4.78, 5) is 26.0. The normalized spacial score (nSPS) is 21.7. The van der Waals surface area contributed by atoms with Crippen molar-refractivity contribution in [2.45, 2.75) is 51.5 Å². The molecule has 5 nitrogen and oxygen atoms in total. The number of fused-ring (bicyclic) bond motifs is 1. The molecule has 136 valence electrons. The number of rotatable bonds is 2. The number of hydrogen-bond donors (Lipinski definition) is 2. The molecule has 1 aromatic rings. The van der Waals surface area contributed by atoms with E-state index in [1.165, 1.54) is 11.1 Å². The zero-order chi connectivity index (χ0) is 18.2. The van der Waals surface area contributed by atoms with Crippen LogP contribution in [0.15, 0.2) is 18.2 Å². The fraction of sp³-hybridized carbons (Fsp3) is 0.600. The van der Waals surface area contributed by atoms with Gasteiger partial charge in [0.05, 0.1) is 11.8 Å². The highest BCUT2D eigenvalue weighted by Crippen LogP contribution is 2.31. The van der Waals surface area contributed by atoms with E-state index in [4.69, 9.17) is 5.11 Å². The summed E-state index contributed by atoms with van der Waals surface area (Å²) in [6.45, 7) is 9.12. The number of carboxylic acid groups (broad SMARTS) is 1. The number of benzene rings is 1. The molecule has 0 spiro atoms. The van der Waals surface area contributed by atoms with Gasteiger partial charge in [0.1, 0.15) is 0 Å². The molecule has 1 fully saturated rings. The molecule has 1 aromatic carbocycles. The average Bonchev–Trinajstić information content (AvgIpc) is 2.59. The van der Waals surface area contributed by atoms with E-state index in [1.54, 1.807) is 0 Å². The van der Waals surface area contributed by atoms with E-state index in [9.17, 15) is 9.59 Å². The van der Waals surface area contributed by atoms with Gasteiger partial charge in [-0.1, -0.05) is 39.0 Å². The Balaban J connectivity index is 1.77. The SMILES string of the molecule is CC(C)(C)c1ccc2c(c1)CNCC2C(=O)N1CCC(C(=O)O)CC1. The summed E-state index contributed by atoms with van der Waals surface area (Å²) < 4.78 is 0. The van der Waals surface area contributed by atoms with Crippen LogP contribution in [0.3, 0.4) is 0 Å². The quantitative estimate of drug-likeness (QED) is 0.865. The molecule has 2 aliphatic heterocycles. The zero-order valence-corrected chi connectivity index (χ0v) is 15.3. The van der Waals surface area contributed by atoms with Crippen molar-refractivity contribution in [3.8, 4) is 0 Å². The number of carboxylic acids is 1. The predicted molar refractivity (Wildman–Crippen MR) is 96.5 cm³/mol. The van der Waals surface area contributed by atoms with Gasteiger partial charge in [-0.3, -0.25) is 9.59 Å². The Morgan fingerprint density at radius 3 is 2.48 bits per heavy atom. The Labute approximate surface area is 149 Å². The molecule has 0 radical (unpaired) electrons. The lowest BCUT2D eigenvalue weighted by Crippen LogP contribution is -2.45. The molecule has 2 N–H and O–H groups in total. The Bertz CT molecular complexity index is 670. The van der Waals surface area contributed by atoms with Gasteiger partial charge in [0.15, 0.2) is 0 Å². The summed E-state index contributed by atoms with van der Waals surface area (Å²) in [5, 5.41) is 12.5. The smallest absolute Gasteiger partial charge is 0.306 e. The first-order chi connectivity index (χ1) is 11.8. The second-order valence-electron chi connectivity index (χ2n) is 8.28. The molecule has 2 aliphatic rings. The number of nitrogens with zero attached hydrogens (tertiary/aromatic N) is 1. The highest BCUT2D eigenvalue weighted by atomic mass is 16.4. The lowest BCUT2D eigenvalue weighted by atomic mass is 9.81. The maximum absolute atomic E-state index is 13.0. The Morgan fingerprint density at radius 2 is 1.88 bits per heavy atom. The summed E-state index contributed by atoms with van der Waals surface area (Å²) in [6, 6.07) is 6.48. The minimum atomic E-state index is -0.744. The molecule has 1 unspecified atom stereocenters. The topological polar surface area (TPSA) is 69.6 Å². The number of hydrogen-bond acceptors (Lipinski definition) is 3. The fourth-order valence-electron chi connectivity index (χ4n) is 3.81. The van der Waals surface area contributed by atoms with Gasteiger partial charge in [-0.15, -0.1) is 0 Å². The number of aliphatic carboxylic acids is 1. The van der Waals surface area contributed by atoms with Gasteiger partial charge in [0.25, 0.3) is 0 Å². The fourth-order valence-corrected chi connectivity index (χ4v) is 3.81. The summed E-state index contributed by atoms with van der Waals surface area (Å²) in [5.41, 5.74) is 3.70. The standard InChI is InChI=1S/C20H28N2O3/c1-20(2,3)15-4-5-16-14(10-15)11-21-12-17(16)18(23)22-8-6-13(7-9-22)19(24)25/h4-5,10,13,17,21H,6-9,11-12H2,1-3H3,(H,24,25). The second kappa shape index (κ2) is 6.79. The van der Waals surface area contributed by atoms with E-state index >= 15 is 0 Å². The average molecular weight is 344 g/mol. The van der Waals surface area contributed by atoms with Crippen LogP contribution < -0.4 is 5.32 Å². The summed E-state index contributed by atoms with van der Waals surface area (Å²) in [7, 11) is 0. The van der Waals surface area contributed by atoms with Gasteiger partial charge in [-0.05, 0) is 34.9 Å². The highest BCUT2D eigenvalue weighted by Gasteiger charge is 2.33. The minimum absolute atomic E-state index is 0.0880. The van der Waals surface area contributed by atoms with Gasteiger partial charge in [-0.25, -0.2) is 0 Å². The third-order valence-electron chi connectivity index (χ3n) is 5.50. The van der Waals surface area contributed by atoms with Crippen molar-refractivity contribution in [2.75, 3.05) is 19.6 Å². The van der Waals surface area contributed by atoms with Crippen LogP contribution in [-0.2, 0) is 21.5 Å². The summed E-state index contributed by atoms with van der Waals surface area (Å²) in [5.74, 6) is -1.10. The number of nitrogens with one attached hydrogen (secondary N) is 1. The molecule has 0 bridgehead atoms. The first kappa shape index (κ1) is 17.9. The van der Waals surface area contributed by atoms with Crippen LogP contribution in [0.25, 0.3) is 0 Å². The first-order valence-electron chi connectivity index (χ1n) is 9.13. The predicted octanol–water partition coefficient (Wildman–Crippen LogP) is 2.49. The number of piperidine rings is 1. The minimum Gasteiger partial charge on any atom is -0.481 e. The van der Waals surface area contributed by atoms with Gasteiger partial charge < -0.3 is 15.3 Å². The van der Waals surface area contributed by atoms with Crippen molar-refractivity contribution in [1.29, 1.82) is 0 Å². The molecule has 0 aliphatic carbocycles. The molecular formula is C20H28N2O3. The largest absolute Gasteiger partial charge is 0.481 e. The van der Waals surface area contributed by atoms with Crippen LogP contribution in [0.5, 0.6) is 0 Å². The van der Waals surface area contributed by atoms with Crippen molar-refractivity contribution in [1.82, 2.24) is 10.2 Å². The van der Waals surface area contributed by atoms with E-state index in [0.29, 0.717) is 32.5 Å². The molecule has 0 aromatic heterocycles. The molecule has 1 saturated heterocycles. The molecule has 3 rings (SSSR count). The van der Waals surface area contributed by atoms with Crippen molar-refractivity contribution in [2.24, 2.45) is 5.92 Å². The monoisotopic (exact) mass is 344 g/mol. The van der Waals surface area contributed by atoms with Crippen LogP contribution in [0.1, 0.15) is 56.2 Å². The van der Waals surface area contributed by atoms with Crippen molar-refractivity contribution < 1.29 is 14.7 Å². The van der Waals surface area contributed by atoms with Crippen LogP contribution in [0.4, 0.5) is 0 Å². The summed E-state index contributed by atoms with van der Waals surface area (Å²) in [6.07, 6.45) is 1.11. The van der Waals surface area contributed by atoms with Crippen LogP contribution in [0, 0.1) is 5.92 Å². The molecular weight excluding hydrogens is 316 g/mol. The van der Waals surface area contributed by atoms with E-state index < -0.39 is 5.97 Å². The molecule has 1 amide bonds. The zero-order valence-electron chi connectivity index (χ0n) is 15.3. The molecule has 2 heterocycles. The Morgan fingerprint density at radius 1 is 1.20 bits per heavy atom. The third kappa shape index (κ3) is 3.71. The molecule has 25 heavy (non-hydrogen) atoms. The van der Waals surface area contributed by atoms with E-state index in [2.05, 4.69) is 44.3 Å². The number of likely N-dealkylation sites (tertiary alicyclic amines) is 1. The van der Waals surface area contributed by atoms with E-state index in [0.717, 1.165) is 12.1 Å². The van der Waals surface area contributed by atoms with Crippen LogP contribution in [-0.4, -0.2) is 41.5 Å². The lowest BCUT2D eigenvalue weighted by molar-refractivity contribution is -0.146.